The van der Waals surface area contributed by atoms with Gasteiger partial charge < -0.3 is 14.2 Å². The molecule has 0 heterocycles. The van der Waals surface area contributed by atoms with Crippen LogP contribution in [0.1, 0.15) is 26.3 Å². The van der Waals surface area contributed by atoms with Crippen LogP contribution in [0.3, 0.4) is 0 Å². The Morgan fingerprint density at radius 3 is 2.27 bits per heavy atom. The van der Waals surface area contributed by atoms with Crippen molar-refractivity contribution in [3.05, 3.63) is 48.0 Å². The van der Waals surface area contributed by atoms with Crippen LogP contribution >= 0.6 is 0 Å². The Balaban J connectivity index is 2.01. The maximum absolute atomic E-state index is 11.9. The van der Waals surface area contributed by atoms with Gasteiger partial charge in [0.1, 0.15) is 17.3 Å². The lowest BCUT2D eigenvalue weighted by Gasteiger charge is -2.28. The highest BCUT2D eigenvalue weighted by Crippen LogP contribution is 2.27. The number of primary sulfonamides is 1. The number of ether oxygens (including phenoxy) is 3. The van der Waals surface area contributed by atoms with Gasteiger partial charge in [0.2, 0.25) is 10.0 Å². The summed E-state index contributed by atoms with van der Waals surface area (Å²) < 4.78 is 40.4. The molecule has 0 aromatic heterocycles. The van der Waals surface area contributed by atoms with Crippen molar-refractivity contribution in [1.82, 2.24) is 4.90 Å². The Hall–Kier alpha value is -2.29. The molecule has 0 fully saturated rings. The molecule has 0 radical (unpaired) electrons. The molecule has 0 aliphatic rings. The van der Waals surface area contributed by atoms with Crippen LogP contribution in [0, 0.1) is 0 Å². The second-order valence-corrected chi connectivity index (χ2v) is 8.47. The third kappa shape index (κ3) is 6.62. The molecule has 2 aromatic rings. The molecule has 1 unspecified atom stereocenters. The lowest BCUT2D eigenvalue weighted by molar-refractivity contribution is 0.170. The number of likely N-dealkylation sites (N-methyl/N-ethyl adjacent to an activating group) is 1. The number of hydrogen-bond acceptors (Lipinski definition) is 6. The second-order valence-electron chi connectivity index (χ2n) is 6.94. The summed E-state index contributed by atoms with van der Waals surface area (Å²) in [7, 11) is -2.43. The van der Waals surface area contributed by atoms with Crippen LogP contribution in [0.4, 0.5) is 0 Å². The smallest absolute Gasteiger partial charge is 0.241 e. The molecule has 0 bridgehead atoms. The number of methoxy groups -OCH3 is 1. The van der Waals surface area contributed by atoms with Crippen molar-refractivity contribution < 1.29 is 22.6 Å². The maximum Gasteiger partial charge on any atom is 0.241 e. The Kier molecular flexibility index (Phi) is 8.95. The van der Waals surface area contributed by atoms with Crippen LogP contribution < -0.4 is 19.3 Å². The van der Waals surface area contributed by atoms with Gasteiger partial charge in [0.05, 0.1) is 13.7 Å². The Bertz CT molecular complexity index is 917. The monoisotopic (exact) mass is 436 g/mol. The van der Waals surface area contributed by atoms with Crippen molar-refractivity contribution in [2.24, 2.45) is 5.14 Å². The number of nitrogens with zero attached hydrogens (tertiary/aromatic N) is 1. The first-order valence-corrected chi connectivity index (χ1v) is 11.6. The molecule has 1 atom stereocenters. The second kappa shape index (κ2) is 11.2. The van der Waals surface area contributed by atoms with Crippen LogP contribution in [-0.4, -0.2) is 52.8 Å². The molecule has 166 valence electrons. The largest absolute Gasteiger partial charge is 0.495 e. The Morgan fingerprint density at radius 1 is 1.03 bits per heavy atom. The van der Waals surface area contributed by atoms with Gasteiger partial charge in [0, 0.05) is 12.6 Å². The van der Waals surface area contributed by atoms with Gasteiger partial charge >= 0.3 is 0 Å². The van der Waals surface area contributed by atoms with E-state index < -0.39 is 10.0 Å². The average molecular weight is 437 g/mol. The van der Waals surface area contributed by atoms with Gasteiger partial charge in [-0.1, -0.05) is 25.1 Å². The lowest BCUT2D eigenvalue weighted by Crippen LogP contribution is -2.37. The molecule has 2 rings (SSSR count). The first kappa shape index (κ1) is 24.0. The molecule has 30 heavy (non-hydrogen) atoms. The minimum Gasteiger partial charge on any atom is -0.495 e. The van der Waals surface area contributed by atoms with E-state index in [0.717, 1.165) is 30.2 Å². The van der Waals surface area contributed by atoms with Gasteiger partial charge in [-0.25, -0.2) is 13.6 Å². The van der Waals surface area contributed by atoms with E-state index in [1.165, 1.54) is 7.11 Å². The fourth-order valence-corrected chi connectivity index (χ4v) is 4.10. The standard InChI is InChI=1S/C22H32N2O5S/c1-5-24(13-14-29-20-10-8-7-9-19(20)28-6-2)17(3)15-18-11-12-21(27-4)22(16-18)30(23,25)26/h7-12,16-17H,5-6,13-15H2,1-4H3,(H2,23,25,26). The highest BCUT2D eigenvalue weighted by Gasteiger charge is 2.18. The summed E-state index contributed by atoms with van der Waals surface area (Å²) in [6, 6.07) is 12.9. The minimum absolute atomic E-state index is 0.00797. The van der Waals surface area contributed by atoms with Crippen LogP contribution in [0.15, 0.2) is 47.4 Å². The van der Waals surface area contributed by atoms with Crippen molar-refractivity contribution in [3.8, 4) is 17.2 Å². The van der Waals surface area contributed by atoms with Gasteiger partial charge in [0.15, 0.2) is 11.5 Å². The van der Waals surface area contributed by atoms with Gasteiger partial charge in [-0.05, 0) is 56.6 Å². The molecule has 0 saturated heterocycles. The Morgan fingerprint density at radius 2 is 1.70 bits per heavy atom. The zero-order valence-electron chi connectivity index (χ0n) is 18.1. The van der Waals surface area contributed by atoms with E-state index >= 15 is 0 Å². The third-order valence-corrected chi connectivity index (χ3v) is 5.81. The highest BCUT2D eigenvalue weighted by molar-refractivity contribution is 7.89. The zero-order chi connectivity index (χ0) is 22.1. The topological polar surface area (TPSA) is 91.1 Å². The molecule has 0 aliphatic heterocycles. The number of rotatable bonds is 12. The summed E-state index contributed by atoms with van der Waals surface area (Å²) in [6.07, 6.45) is 0.676. The predicted molar refractivity (Wildman–Crippen MR) is 118 cm³/mol. The van der Waals surface area contributed by atoms with Crippen LogP contribution in [0.25, 0.3) is 0 Å². The van der Waals surface area contributed by atoms with Crippen molar-refractivity contribution in [1.29, 1.82) is 0 Å². The molecule has 8 heteroatoms. The molecule has 7 nitrogen and oxygen atoms in total. The summed E-state index contributed by atoms with van der Waals surface area (Å²) >= 11 is 0. The van der Waals surface area contributed by atoms with Crippen molar-refractivity contribution in [2.45, 2.75) is 38.1 Å². The highest BCUT2D eigenvalue weighted by atomic mass is 32.2. The number of para-hydroxylation sites is 2. The molecule has 0 spiro atoms. The van der Waals surface area contributed by atoms with Gasteiger partial charge in [-0.3, -0.25) is 4.90 Å². The first-order valence-electron chi connectivity index (χ1n) is 10.1. The van der Waals surface area contributed by atoms with E-state index in [2.05, 4.69) is 18.7 Å². The number of hydrogen-bond donors (Lipinski definition) is 1. The van der Waals surface area contributed by atoms with Crippen molar-refractivity contribution >= 4 is 10.0 Å². The maximum atomic E-state index is 11.9. The normalized spacial score (nSPS) is 12.6. The summed E-state index contributed by atoms with van der Waals surface area (Å²) in [5, 5.41) is 5.33. The molecule has 0 amide bonds. The summed E-state index contributed by atoms with van der Waals surface area (Å²) in [5.41, 5.74) is 0.883. The third-order valence-electron chi connectivity index (χ3n) is 4.88. The molecular formula is C22H32N2O5S. The average Bonchev–Trinajstić information content (AvgIpc) is 2.71. The molecule has 0 aliphatic carbocycles. The zero-order valence-corrected chi connectivity index (χ0v) is 18.9. The predicted octanol–water partition coefficient (Wildman–Crippen LogP) is 3.07. The summed E-state index contributed by atoms with van der Waals surface area (Å²) in [5.74, 6) is 1.73. The molecular weight excluding hydrogens is 404 g/mol. The van der Waals surface area contributed by atoms with Gasteiger partial charge in [0.25, 0.3) is 0 Å². The fraction of sp³-hybridized carbons (Fsp3) is 0.455. The first-order chi connectivity index (χ1) is 14.3. The SMILES string of the molecule is CCOc1ccccc1OCCN(CC)C(C)Cc1ccc(OC)c(S(N)(=O)=O)c1. The number of benzene rings is 2. The fourth-order valence-electron chi connectivity index (χ4n) is 3.35. The quantitative estimate of drug-likeness (QED) is 0.550. The summed E-state index contributed by atoms with van der Waals surface area (Å²) in [4.78, 5) is 2.29. The number of sulfonamides is 1. The lowest BCUT2D eigenvalue weighted by atomic mass is 10.1. The van der Waals surface area contributed by atoms with Crippen LogP contribution in [0.2, 0.25) is 0 Å². The van der Waals surface area contributed by atoms with E-state index in [1.807, 2.05) is 37.3 Å². The Labute approximate surface area is 179 Å². The molecule has 2 aromatic carbocycles. The van der Waals surface area contributed by atoms with Gasteiger partial charge in [-0.15, -0.1) is 0 Å². The van der Waals surface area contributed by atoms with Crippen molar-refractivity contribution in [3.63, 3.8) is 0 Å². The van der Waals surface area contributed by atoms with Gasteiger partial charge in [-0.2, -0.15) is 0 Å². The van der Waals surface area contributed by atoms with E-state index in [4.69, 9.17) is 19.3 Å². The minimum atomic E-state index is -3.85. The van der Waals surface area contributed by atoms with E-state index in [1.54, 1.807) is 12.1 Å². The summed E-state index contributed by atoms with van der Waals surface area (Å²) in [6.45, 7) is 8.82. The van der Waals surface area contributed by atoms with Crippen LogP contribution in [0.5, 0.6) is 17.2 Å². The van der Waals surface area contributed by atoms with E-state index in [-0.39, 0.29) is 16.7 Å². The number of nitrogens with two attached hydrogens (primary N) is 1. The van der Waals surface area contributed by atoms with E-state index in [0.29, 0.717) is 19.6 Å². The molecule has 0 saturated carbocycles. The van der Waals surface area contributed by atoms with Crippen molar-refractivity contribution in [2.75, 3.05) is 33.4 Å². The van der Waals surface area contributed by atoms with E-state index in [9.17, 15) is 8.42 Å². The molecule has 2 N–H and O–H groups in total. The van der Waals surface area contributed by atoms with Crippen LogP contribution in [-0.2, 0) is 16.4 Å².